The van der Waals surface area contributed by atoms with E-state index in [4.69, 9.17) is 9.47 Å². The fourth-order valence-electron chi connectivity index (χ4n) is 3.58. The predicted molar refractivity (Wildman–Crippen MR) is 142 cm³/mol. The van der Waals surface area contributed by atoms with Gasteiger partial charge < -0.3 is 9.47 Å². The summed E-state index contributed by atoms with van der Waals surface area (Å²) >= 11 is 0. The molecule has 9 heteroatoms. The molecule has 0 aliphatic rings. The van der Waals surface area contributed by atoms with Crippen molar-refractivity contribution in [2.24, 2.45) is 5.10 Å². The van der Waals surface area contributed by atoms with Crippen LogP contribution in [0.5, 0.6) is 11.5 Å². The van der Waals surface area contributed by atoms with Crippen LogP contribution in [0.2, 0.25) is 0 Å². The third-order valence-corrected chi connectivity index (χ3v) is 7.66. The van der Waals surface area contributed by atoms with Crippen molar-refractivity contribution in [1.82, 2.24) is 5.43 Å². The topological polar surface area (TPSA) is 97.3 Å². The summed E-state index contributed by atoms with van der Waals surface area (Å²) in [6, 6.07) is 17.2. The van der Waals surface area contributed by atoms with Gasteiger partial charge in [0.05, 0.1) is 30.5 Å². The lowest BCUT2D eigenvalue weighted by atomic mass is 10.1. The highest BCUT2D eigenvalue weighted by atomic mass is 32.2. The molecule has 0 aliphatic heterocycles. The van der Waals surface area contributed by atoms with Crippen molar-refractivity contribution in [3.8, 4) is 11.5 Å². The van der Waals surface area contributed by atoms with E-state index < -0.39 is 22.5 Å². The largest absolute Gasteiger partial charge is 0.493 e. The lowest BCUT2D eigenvalue weighted by molar-refractivity contribution is -0.119. The molecule has 0 heterocycles. The van der Waals surface area contributed by atoms with Gasteiger partial charge in [0, 0.05) is 5.56 Å². The molecule has 0 unspecified atom stereocenters. The third kappa shape index (κ3) is 5.85. The normalized spacial score (nSPS) is 11.7. The van der Waals surface area contributed by atoms with Crippen LogP contribution in [0, 0.1) is 20.8 Å². The van der Waals surface area contributed by atoms with Gasteiger partial charge in [0.1, 0.15) is 6.54 Å². The summed E-state index contributed by atoms with van der Waals surface area (Å²) in [5.74, 6) is 0.524. The molecule has 0 saturated heterocycles. The van der Waals surface area contributed by atoms with Crippen molar-refractivity contribution in [1.29, 1.82) is 0 Å². The number of aryl methyl sites for hydroxylation is 2. The van der Waals surface area contributed by atoms with E-state index in [0.717, 1.165) is 21.0 Å². The minimum Gasteiger partial charge on any atom is -0.493 e. The minimum absolute atomic E-state index is 0.104. The smallest absolute Gasteiger partial charge is 0.264 e. The van der Waals surface area contributed by atoms with E-state index in [1.165, 1.54) is 7.11 Å². The molecule has 190 valence electrons. The summed E-state index contributed by atoms with van der Waals surface area (Å²) < 4.78 is 38.9. The van der Waals surface area contributed by atoms with Gasteiger partial charge >= 0.3 is 0 Å². The van der Waals surface area contributed by atoms with Gasteiger partial charge in [-0.25, -0.2) is 13.8 Å². The molecule has 0 saturated carbocycles. The Bertz CT molecular complexity index is 1380. The molecule has 0 radical (unpaired) electrons. The van der Waals surface area contributed by atoms with Gasteiger partial charge in [-0.1, -0.05) is 29.8 Å². The predicted octanol–water partition coefficient (Wildman–Crippen LogP) is 4.36. The van der Waals surface area contributed by atoms with Crippen LogP contribution in [-0.4, -0.2) is 40.8 Å². The molecule has 0 bridgehead atoms. The van der Waals surface area contributed by atoms with E-state index in [0.29, 0.717) is 28.5 Å². The van der Waals surface area contributed by atoms with Crippen molar-refractivity contribution in [3.05, 3.63) is 82.9 Å². The molecular formula is C27H31N3O5S. The Morgan fingerprint density at radius 2 is 1.61 bits per heavy atom. The van der Waals surface area contributed by atoms with Crippen molar-refractivity contribution in [2.75, 3.05) is 25.1 Å². The minimum atomic E-state index is -4.02. The fourth-order valence-corrected chi connectivity index (χ4v) is 5.06. The van der Waals surface area contributed by atoms with Crippen molar-refractivity contribution in [3.63, 3.8) is 0 Å². The summed E-state index contributed by atoms with van der Waals surface area (Å²) in [7, 11) is -0.938. The number of benzene rings is 3. The van der Waals surface area contributed by atoms with Crippen LogP contribution in [0.3, 0.4) is 0 Å². The van der Waals surface area contributed by atoms with E-state index in [-0.39, 0.29) is 4.90 Å². The first kappa shape index (κ1) is 26.7. The van der Waals surface area contributed by atoms with Gasteiger partial charge in [0.2, 0.25) is 0 Å². The monoisotopic (exact) mass is 509 g/mol. The standard InChI is InChI=1S/C27H31N3O5S/c1-18-10-13-23(14-11-18)36(32,33)30(24-9-7-8-19(2)20(24)3)17-27(31)29-28-21(4)22-12-15-25(34-5)26(16-22)35-6/h7-16H,17H2,1-6H3,(H,29,31)/b28-21-. The van der Waals surface area contributed by atoms with Crippen molar-refractivity contribution < 1.29 is 22.7 Å². The van der Waals surface area contributed by atoms with Crippen LogP contribution < -0.4 is 19.2 Å². The Hall–Kier alpha value is -3.85. The van der Waals surface area contributed by atoms with Crippen LogP contribution in [0.1, 0.15) is 29.2 Å². The molecule has 36 heavy (non-hydrogen) atoms. The summed E-state index contributed by atoms with van der Waals surface area (Å²) in [6.07, 6.45) is 0. The summed E-state index contributed by atoms with van der Waals surface area (Å²) in [5.41, 5.74) is 6.77. The van der Waals surface area contributed by atoms with Crippen LogP contribution in [-0.2, 0) is 14.8 Å². The number of methoxy groups -OCH3 is 2. The molecule has 1 amide bonds. The van der Waals surface area contributed by atoms with Crippen molar-refractivity contribution in [2.45, 2.75) is 32.6 Å². The second-order valence-electron chi connectivity index (χ2n) is 8.35. The van der Waals surface area contributed by atoms with E-state index in [1.54, 1.807) is 68.6 Å². The number of carbonyl (C=O) groups excluding carboxylic acids is 1. The van der Waals surface area contributed by atoms with E-state index in [2.05, 4.69) is 10.5 Å². The maximum absolute atomic E-state index is 13.6. The molecule has 0 spiro atoms. The second-order valence-corrected chi connectivity index (χ2v) is 10.2. The summed E-state index contributed by atoms with van der Waals surface area (Å²) in [4.78, 5) is 13.0. The van der Waals surface area contributed by atoms with Gasteiger partial charge in [0.15, 0.2) is 11.5 Å². The van der Waals surface area contributed by atoms with Crippen molar-refractivity contribution >= 4 is 27.3 Å². The summed E-state index contributed by atoms with van der Waals surface area (Å²) in [5, 5.41) is 4.18. The Balaban J connectivity index is 1.91. The molecule has 8 nitrogen and oxygen atoms in total. The highest BCUT2D eigenvalue weighted by molar-refractivity contribution is 7.92. The number of hydrazone groups is 1. The number of anilines is 1. The number of amides is 1. The lowest BCUT2D eigenvalue weighted by Gasteiger charge is -2.26. The van der Waals surface area contributed by atoms with Gasteiger partial charge in [-0.2, -0.15) is 5.10 Å². The molecule has 3 rings (SSSR count). The van der Waals surface area contributed by atoms with Gasteiger partial charge in [-0.3, -0.25) is 9.10 Å². The molecule has 1 N–H and O–H groups in total. The Kier molecular flexibility index (Phi) is 8.37. The van der Waals surface area contributed by atoms with Crippen LogP contribution in [0.25, 0.3) is 0 Å². The van der Waals surface area contributed by atoms with E-state index in [9.17, 15) is 13.2 Å². The van der Waals surface area contributed by atoms with Gasteiger partial charge in [-0.05, 0) is 75.2 Å². The molecule has 0 atom stereocenters. The Morgan fingerprint density at radius 1 is 0.944 bits per heavy atom. The second kappa shape index (κ2) is 11.3. The zero-order valence-electron chi connectivity index (χ0n) is 21.3. The number of hydrogen-bond donors (Lipinski definition) is 1. The zero-order chi connectivity index (χ0) is 26.5. The van der Waals surface area contributed by atoms with Gasteiger partial charge in [-0.15, -0.1) is 0 Å². The SMILES string of the molecule is COc1ccc(/C(C)=N\NC(=O)CN(c2cccc(C)c2C)S(=O)(=O)c2ccc(C)cc2)cc1OC. The number of carbonyl (C=O) groups is 1. The fraction of sp³-hybridized carbons (Fsp3) is 0.259. The maximum Gasteiger partial charge on any atom is 0.264 e. The van der Waals surface area contributed by atoms with Crippen LogP contribution in [0.15, 0.2) is 70.7 Å². The van der Waals surface area contributed by atoms with E-state index >= 15 is 0 Å². The molecular weight excluding hydrogens is 478 g/mol. The number of sulfonamides is 1. The van der Waals surface area contributed by atoms with E-state index in [1.807, 2.05) is 26.8 Å². The molecule has 0 aliphatic carbocycles. The first-order valence-electron chi connectivity index (χ1n) is 11.3. The number of hydrogen-bond acceptors (Lipinski definition) is 6. The maximum atomic E-state index is 13.6. The molecule has 0 fully saturated rings. The zero-order valence-corrected chi connectivity index (χ0v) is 22.1. The Labute approximate surface area is 212 Å². The highest BCUT2D eigenvalue weighted by Crippen LogP contribution is 2.29. The first-order chi connectivity index (χ1) is 17.1. The van der Waals surface area contributed by atoms with Crippen LogP contribution >= 0.6 is 0 Å². The lowest BCUT2D eigenvalue weighted by Crippen LogP contribution is -2.40. The number of nitrogens with zero attached hydrogens (tertiary/aromatic N) is 2. The van der Waals surface area contributed by atoms with Gasteiger partial charge in [0.25, 0.3) is 15.9 Å². The van der Waals surface area contributed by atoms with Crippen LogP contribution in [0.4, 0.5) is 5.69 Å². The highest BCUT2D eigenvalue weighted by Gasteiger charge is 2.28. The number of rotatable bonds is 9. The summed E-state index contributed by atoms with van der Waals surface area (Å²) in [6.45, 7) is 6.90. The molecule has 3 aromatic rings. The molecule has 0 aromatic heterocycles. The molecule has 3 aromatic carbocycles. The third-order valence-electron chi connectivity index (χ3n) is 5.89. The number of ether oxygens (including phenoxy) is 2. The number of nitrogens with one attached hydrogen (secondary N) is 1. The average molecular weight is 510 g/mol. The first-order valence-corrected chi connectivity index (χ1v) is 12.7. The average Bonchev–Trinajstić information content (AvgIpc) is 2.87. The quantitative estimate of drug-likeness (QED) is 0.341. The Morgan fingerprint density at radius 3 is 2.25 bits per heavy atom.